The molecule has 2 heteroatoms. The zero-order valence-corrected chi connectivity index (χ0v) is 7.65. The molecule has 0 unspecified atom stereocenters. The Hall–Kier alpha value is -0.560. The fourth-order valence-corrected chi connectivity index (χ4v) is 1.52. The van der Waals surface area contributed by atoms with Crippen LogP contribution in [0.1, 0.15) is 25.0 Å². The van der Waals surface area contributed by atoms with Gasteiger partial charge in [0.2, 0.25) is 0 Å². The van der Waals surface area contributed by atoms with Gasteiger partial charge in [-0.05, 0) is 30.0 Å². The maximum Gasteiger partial charge on any atom is 0.132 e. The maximum absolute atomic E-state index is 5.90. The fourth-order valence-electron chi connectivity index (χ4n) is 1.21. The Morgan fingerprint density at radius 1 is 1.36 bits per heavy atom. The van der Waals surface area contributed by atoms with Crippen LogP contribution in [0.15, 0.2) is 12.3 Å². The lowest BCUT2D eigenvalue weighted by Gasteiger charge is -2.05. The van der Waals surface area contributed by atoms with Gasteiger partial charge in [-0.2, -0.15) is 0 Å². The highest BCUT2D eigenvalue weighted by Crippen LogP contribution is 2.17. The maximum atomic E-state index is 5.90. The molecule has 0 amide bonds. The van der Waals surface area contributed by atoms with Gasteiger partial charge in [0.15, 0.2) is 0 Å². The van der Waals surface area contributed by atoms with Gasteiger partial charge < -0.3 is 0 Å². The summed E-state index contributed by atoms with van der Waals surface area (Å²) in [5, 5.41) is 0.659. The van der Waals surface area contributed by atoms with Crippen LogP contribution in [0.3, 0.4) is 0 Å². The summed E-state index contributed by atoms with van der Waals surface area (Å²) in [5.74, 6) is 0. The topological polar surface area (TPSA) is 12.9 Å². The van der Waals surface area contributed by atoms with E-state index in [0.717, 1.165) is 12.8 Å². The predicted molar refractivity (Wildman–Crippen MR) is 48.0 cm³/mol. The molecule has 11 heavy (non-hydrogen) atoms. The highest BCUT2D eigenvalue weighted by atomic mass is 35.5. The molecule has 1 aromatic heterocycles. The average molecular weight is 170 g/mol. The molecule has 0 saturated heterocycles. The Morgan fingerprint density at radius 3 is 2.55 bits per heavy atom. The van der Waals surface area contributed by atoms with Gasteiger partial charge in [-0.25, -0.2) is 4.98 Å². The number of nitrogens with zero attached hydrogens (tertiary/aromatic N) is 1. The van der Waals surface area contributed by atoms with E-state index in [1.54, 1.807) is 6.20 Å². The number of aromatic nitrogens is 1. The van der Waals surface area contributed by atoms with E-state index in [4.69, 9.17) is 11.6 Å². The van der Waals surface area contributed by atoms with E-state index < -0.39 is 0 Å². The minimum Gasteiger partial charge on any atom is -0.244 e. The molecule has 0 aromatic carbocycles. The molecule has 0 bridgehead atoms. The van der Waals surface area contributed by atoms with Gasteiger partial charge in [-0.1, -0.05) is 25.4 Å². The van der Waals surface area contributed by atoms with Crippen molar-refractivity contribution >= 4 is 11.6 Å². The zero-order valence-electron chi connectivity index (χ0n) is 6.89. The Bertz CT molecular complexity index is 245. The molecule has 1 aromatic rings. The summed E-state index contributed by atoms with van der Waals surface area (Å²) in [6.07, 6.45) is 3.77. The second-order valence-electron chi connectivity index (χ2n) is 2.45. The summed E-state index contributed by atoms with van der Waals surface area (Å²) >= 11 is 5.90. The van der Waals surface area contributed by atoms with Crippen LogP contribution in [0.25, 0.3) is 0 Å². The average Bonchev–Trinajstić information content (AvgIpc) is 2.04. The lowest BCUT2D eigenvalue weighted by atomic mass is 10.1. The minimum absolute atomic E-state index is 0.659. The summed E-state index contributed by atoms with van der Waals surface area (Å²) in [5.41, 5.74) is 2.50. The summed E-state index contributed by atoms with van der Waals surface area (Å²) < 4.78 is 0. The van der Waals surface area contributed by atoms with E-state index >= 15 is 0 Å². The van der Waals surface area contributed by atoms with Gasteiger partial charge in [-0.3, -0.25) is 0 Å². The van der Waals surface area contributed by atoms with Crippen molar-refractivity contribution in [1.82, 2.24) is 4.98 Å². The summed E-state index contributed by atoms with van der Waals surface area (Å²) in [6.45, 7) is 4.23. The third kappa shape index (κ3) is 1.72. The smallest absolute Gasteiger partial charge is 0.132 e. The van der Waals surface area contributed by atoms with Gasteiger partial charge in [-0.15, -0.1) is 0 Å². The molecule has 1 rings (SSSR count). The highest BCUT2D eigenvalue weighted by Gasteiger charge is 2.02. The van der Waals surface area contributed by atoms with Crippen molar-refractivity contribution in [2.45, 2.75) is 26.7 Å². The molecule has 0 aliphatic carbocycles. The lowest BCUT2D eigenvalue weighted by Crippen LogP contribution is -1.93. The molecule has 0 fully saturated rings. The largest absolute Gasteiger partial charge is 0.244 e. The van der Waals surface area contributed by atoms with Crippen molar-refractivity contribution in [3.63, 3.8) is 0 Å². The number of pyridine rings is 1. The molecule has 0 atom stereocenters. The zero-order chi connectivity index (χ0) is 8.27. The number of rotatable bonds is 2. The van der Waals surface area contributed by atoms with Gasteiger partial charge in [0, 0.05) is 6.20 Å². The van der Waals surface area contributed by atoms with E-state index in [0.29, 0.717) is 5.15 Å². The fraction of sp³-hybridized carbons (Fsp3) is 0.444. The molecular weight excluding hydrogens is 158 g/mol. The van der Waals surface area contributed by atoms with Crippen LogP contribution in [0.5, 0.6) is 0 Å². The first-order valence-electron chi connectivity index (χ1n) is 3.91. The summed E-state index contributed by atoms with van der Waals surface area (Å²) in [4.78, 5) is 4.02. The second kappa shape index (κ2) is 3.72. The third-order valence-corrected chi connectivity index (χ3v) is 2.16. The predicted octanol–water partition coefficient (Wildman–Crippen LogP) is 2.86. The van der Waals surface area contributed by atoms with Crippen molar-refractivity contribution in [3.05, 3.63) is 28.5 Å². The Balaban J connectivity index is 3.13. The molecule has 1 heterocycles. The van der Waals surface area contributed by atoms with E-state index in [-0.39, 0.29) is 0 Å². The Morgan fingerprint density at radius 2 is 2.09 bits per heavy atom. The van der Waals surface area contributed by atoms with Crippen LogP contribution < -0.4 is 0 Å². The molecular formula is C9H12ClN. The van der Waals surface area contributed by atoms with Crippen LogP contribution in [-0.2, 0) is 12.8 Å². The lowest BCUT2D eigenvalue weighted by molar-refractivity contribution is 1.01. The first-order valence-corrected chi connectivity index (χ1v) is 4.29. The van der Waals surface area contributed by atoms with Crippen molar-refractivity contribution in [2.24, 2.45) is 0 Å². The van der Waals surface area contributed by atoms with Gasteiger partial charge in [0.05, 0.1) is 0 Å². The number of aryl methyl sites for hydroxylation is 1. The van der Waals surface area contributed by atoms with Crippen molar-refractivity contribution in [2.75, 3.05) is 0 Å². The molecule has 0 aliphatic heterocycles. The van der Waals surface area contributed by atoms with Gasteiger partial charge in [0.1, 0.15) is 5.15 Å². The van der Waals surface area contributed by atoms with E-state index in [2.05, 4.69) is 18.8 Å². The van der Waals surface area contributed by atoms with Crippen LogP contribution in [0.2, 0.25) is 5.15 Å². The monoisotopic (exact) mass is 169 g/mol. The van der Waals surface area contributed by atoms with Crippen LogP contribution in [-0.4, -0.2) is 4.98 Å². The van der Waals surface area contributed by atoms with Gasteiger partial charge in [0.25, 0.3) is 0 Å². The quantitative estimate of drug-likeness (QED) is 0.621. The van der Waals surface area contributed by atoms with Crippen molar-refractivity contribution in [3.8, 4) is 0 Å². The summed E-state index contributed by atoms with van der Waals surface area (Å²) in [7, 11) is 0. The SMILES string of the molecule is CCc1ccnc(Cl)c1CC. The van der Waals surface area contributed by atoms with E-state index in [1.807, 2.05) is 6.07 Å². The Kier molecular flexibility index (Phi) is 2.89. The first-order chi connectivity index (χ1) is 5.29. The van der Waals surface area contributed by atoms with Crippen LogP contribution in [0, 0.1) is 0 Å². The van der Waals surface area contributed by atoms with E-state index in [9.17, 15) is 0 Å². The third-order valence-electron chi connectivity index (χ3n) is 1.83. The molecule has 0 radical (unpaired) electrons. The highest BCUT2D eigenvalue weighted by molar-refractivity contribution is 6.30. The number of hydrogen-bond donors (Lipinski definition) is 0. The summed E-state index contributed by atoms with van der Waals surface area (Å²) in [6, 6.07) is 2.03. The number of hydrogen-bond acceptors (Lipinski definition) is 1. The minimum atomic E-state index is 0.659. The first kappa shape index (κ1) is 8.54. The van der Waals surface area contributed by atoms with Crippen molar-refractivity contribution in [1.29, 1.82) is 0 Å². The van der Waals surface area contributed by atoms with E-state index in [1.165, 1.54) is 11.1 Å². The molecule has 0 N–H and O–H groups in total. The normalized spacial score (nSPS) is 10.1. The molecule has 0 aliphatic rings. The molecule has 0 saturated carbocycles. The van der Waals surface area contributed by atoms with Gasteiger partial charge >= 0.3 is 0 Å². The molecule has 60 valence electrons. The van der Waals surface area contributed by atoms with Crippen molar-refractivity contribution < 1.29 is 0 Å². The van der Waals surface area contributed by atoms with Crippen LogP contribution >= 0.6 is 11.6 Å². The number of halogens is 1. The Labute approximate surface area is 72.4 Å². The second-order valence-corrected chi connectivity index (χ2v) is 2.80. The van der Waals surface area contributed by atoms with Crippen LogP contribution in [0.4, 0.5) is 0 Å². The molecule has 1 nitrogen and oxygen atoms in total. The standard InChI is InChI=1S/C9H12ClN/c1-3-7-5-6-11-9(10)8(7)4-2/h5-6H,3-4H2,1-2H3. The molecule has 0 spiro atoms.